The number of benzene rings is 1. The molecule has 7 nitrogen and oxygen atoms in total. The smallest absolute Gasteiger partial charge is 0.328 e. The maximum absolute atomic E-state index is 12.0. The third kappa shape index (κ3) is 2.16. The van der Waals surface area contributed by atoms with Crippen molar-refractivity contribution in [1.29, 1.82) is 0 Å². The number of urea groups is 1. The van der Waals surface area contributed by atoms with Gasteiger partial charge in [0, 0.05) is 6.54 Å². The molecule has 2 heterocycles. The first-order chi connectivity index (χ1) is 10.1. The summed E-state index contributed by atoms with van der Waals surface area (Å²) in [5.41, 5.74) is 0.903. The molecule has 3 rings (SSSR count). The molecule has 1 aromatic rings. The van der Waals surface area contributed by atoms with Crippen LogP contribution in [0.3, 0.4) is 0 Å². The van der Waals surface area contributed by atoms with E-state index in [-0.39, 0.29) is 18.4 Å². The summed E-state index contributed by atoms with van der Waals surface area (Å²) in [6.45, 7) is 2.20. The Balaban J connectivity index is 1.97. The minimum atomic E-state index is -0.415. The summed E-state index contributed by atoms with van der Waals surface area (Å²) in [6.07, 6.45) is 1.58. The summed E-state index contributed by atoms with van der Waals surface area (Å²) in [5, 5.41) is 2.54. The van der Waals surface area contributed by atoms with Crippen molar-refractivity contribution in [2.45, 2.75) is 6.92 Å². The molecule has 2 aliphatic heterocycles. The van der Waals surface area contributed by atoms with Gasteiger partial charge in [-0.3, -0.25) is 9.69 Å². The van der Waals surface area contributed by atoms with Crippen molar-refractivity contribution in [2.24, 2.45) is 0 Å². The van der Waals surface area contributed by atoms with Gasteiger partial charge in [-0.25, -0.2) is 4.79 Å². The Kier molecular flexibility index (Phi) is 3.17. The van der Waals surface area contributed by atoms with Gasteiger partial charge in [-0.15, -0.1) is 0 Å². The van der Waals surface area contributed by atoms with E-state index >= 15 is 0 Å². The van der Waals surface area contributed by atoms with Gasteiger partial charge >= 0.3 is 6.03 Å². The summed E-state index contributed by atoms with van der Waals surface area (Å²) < 4.78 is 15.9. The van der Waals surface area contributed by atoms with Crippen LogP contribution < -0.4 is 19.5 Å². The van der Waals surface area contributed by atoms with Crippen molar-refractivity contribution < 1.29 is 23.8 Å². The number of likely N-dealkylation sites (N-methyl/N-ethyl adjacent to an activating group) is 1. The maximum atomic E-state index is 12.0. The lowest BCUT2D eigenvalue weighted by atomic mass is 10.1. The van der Waals surface area contributed by atoms with Crippen molar-refractivity contribution in [3.63, 3.8) is 0 Å². The number of imide groups is 1. The van der Waals surface area contributed by atoms with Crippen LogP contribution in [-0.4, -0.2) is 37.3 Å². The minimum Gasteiger partial charge on any atom is -0.493 e. The lowest BCUT2D eigenvalue weighted by molar-refractivity contribution is -0.122. The Morgan fingerprint density at radius 2 is 2.19 bits per heavy atom. The predicted octanol–water partition coefficient (Wildman–Crippen LogP) is 1.34. The molecule has 0 aliphatic carbocycles. The van der Waals surface area contributed by atoms with E-state index in [0.29, 0.717) is 29.4 Å². The molecule has 2 aliphatic rings. The summed E-state index contributed by atoms with van der Waals surface area (Å²) >= 11 is 0. The minimum absolute atomic E-state index is 0.130. The van der Waals surface area contributed by atoms with Crippen LogP contribution in [-0.2, 0) is 4.79 Å². The SMILES string of the molecule is CCN1C(=O)N/C(=C/c2cc(OC)c3c(c2)OCO3)C1=O. The second kappa shape index (κ2) is 5.01. The maximum Gasteiger partial charge on any atom is 0.328 e. The molecule has 0 atom stereocenters. The molecule has 1 saturated heterocycles. The number of methoxy groups -OCH3 is 1. The van der Waals surface area contributed by atoms with E-state index in [4.69, 9.17) is 14.2 Å². The van der Waals surface area contributed by atoms with E-state index in [1.165, 1.54) is 7.11 Å². The van der Waals surface area contributed by atoms with Gasteiger partial charge in [0.05, 0.1) is 7.11 Å². The molecule has 21 heavy (non-hydrogen) atoms. The standard InChI is InChI=1S/C14H14N2O5/c1-3-16-13(17)9(15-14(16)18)4-8-5-10(19-2)12-11(6-8)20-7-21-12/h4-6H,3,7H2,1-2H3,(H,15,18)/b9-4+. The number of rotatable bonds is 3. The zero-order valence-electron chi connectivity index (χ0n) is 11.6. The molecule has 0 bridgehead atoms. The molecule has 0 saturated carbocycles. The third-order valence-electron chi connectivity index (χ3n) is 3.27. The molecular formula is C14H14N2O5. The molecule has 1 fully saturated rings. The van der Waals surface area contributed by atoms with E-state index in [2.05, 4.69) is 5.32 Å². The highest BCUT2D eigenvalue weighted by Crippen LogP contribution is 2.42. The molecule has 0 radical (unpaired) electrons. The first-order valence-electron chi connectivity index (χ1n) is 6.46. The zero-order valence-corrected chi connectivity index (χ0v) is 11.6. The Morgan fingerprint density at radius 3 is 2.86 bits per heavy atom. The van der Waals surface area contributed by atoms with Gasteiger partial charge in [0.2, 0.25) is 12.5 Å². The Bertz CT molecular complexity index is 653. The summed E-state index contributed by atoms with van der Waals surface area (Å²) in [5.74, 6) is 1.25. The van der Waals surface area contributed by atoms with Gasteiger partial charge in [0.15, 0.2) is 11.5 Å². The highest BCUT2D eigenvalue weighted by atomic mass is 16.7. The molecule has 1 N–H and O–H groups in total. The van der Waals surface area contributed by atoms with Crippen LogP contribution >= 0.6 is 0 Å². The normalized spacial score (nSPS) is 18.4. The van der Waals surface area contributed by atoms with E-state index in [1.54, 1.807) is 25.1 Å². The molecule has 0 unspecified atom stereocenters. The van der Waals surface area contributed by atoms with E-state index < -0.39 is 6.03 Å². The van der Waals surface area contributed by atoms with Crippen LogP contribution in [0, 0.1) is 0 Å². The number of nitrogens with zero attached hydrogens (tertiary/aromatic N) is 1. The fourth-order valence-electron chi connectivity index (χ4n) is 2.26. The van der Waals surface area contributed by atoms with Crippen LogP contribution in [0.4, 0.5) is 4.79 Å². The van der Waals surface area contributed by atoms with Crippen LogP contribution in [0.15, 0.2) is 17.8 Å². The van der Waals surface area contributed by atoms with Crippen LogP contribution in [0.5, 0.6) is 17.2 Å². The number of ether oxygens (including phenoxy) is 3. The average molecular weight is 290 g/mol. The molecule has 0 aromatic heterocycles. The third-order valence-corrected chi connectivity index (χ3v) is 3.27. The first kappa shape index (κ1) is 13.3. The Labute approximate surface area is 121 Å². The summed E-state index contributed by atoms with van der Waals surface area (Å²) in [7, 11) is 1.52. The second-order valence-corrected chi connectivity index (χ2v) is 4.49. The second-order valence-electron chi connectivity index (χ2n) is 4.49. The number of hydrogen-bond donors (Lipinski definition) is 1. The van der Waals surface area contributed by atoms with Crippen LogP contribution in [0.25, 0.3) is 6.08 Å². The van der Waals surface area contributed by atoms with Crippen molar-refractivity contribution in [3.05, 3.63) is 23.4 Å². The lowest BCUT2D eigenvalue weighted by Crippen LogP contribution is -2.30. The van der Waals surface area contributed by atoms with E-state index in [0.717, 1.165) is 4.90 Å². The van der Waals surface area contributed by atoms with Crippen LogP contribution in [0.1, 0.15) is 12.5 Å². The first-order valence-corrected chi connectivity index (χ1v) is 6.46. The molecule has 7 heteroatoms. The van der Waals surface area contributed by atoms with Crippen molar-refractivity contribution in [2.75, 3.05) is 20.4 Å². The van der Waals surface area contributed by atoms with Crippen molar-refractivity contribution >= 4 is 18.0 Å². The predicted molar refractivity (Wildman–Crippen MR) is 73.0 cm³/mol. The number of carbonyl (C=O) groups is 2. The van der Waals surface area contributed by atoms with Gasteiger partial charge in [-0.1, -0.05) is 0 Å². The average Bonchev–Trinajstić information content (AvgIpc) is 3.03. The lowest BCUT2D eigenvalue weighted by Gasteiger charge is -2.07. The van der Waals surface area contributed by atoms with Crippen LogP contribution in [0.2, 0.25) is 0 Å². The summed E-state index contributed by atoms with van der Waals surface area (Å²) in [6, 6.07) is 3.03. The largest absolute Gasteiger partial charge is 0.493 e. The monoisotopic (exact) mass is 290 g/mol. The van der Waals surface area contributed by atoms with Gasteiger partial charge in [-0.05, 0) is 30.7 Å². The zero-order chi connectivity index (χ0) is 15.0. The number of hydrogen-bond acceptors (Lipinski definition) is 5. The molecule has 1 aromatic carbocycles. The van der Waals surface area contributed by atoms with E-state index in [1.807, 2.05) is 0 Å². The van der Waals surface area contributed by atoms with Crippen molar-refractivity contribution in [1.82, 2.24) is 10.2 Å². The number of fused-ring (bicyclic) bond motifs is 1. The van der Waals surface area contributed by atoms with Gasteiger partial charge in [0.25, 0.3) is 5.91 Å². The van der Waals surface area contributed by atoms with E-state index in [9.17, 15) is 9.59 Å². The highest BCUT2D eigenvalue weighted by Gasteiger charge is 2.32. The van der Waals surface area contributed by atoms with Gasteiger partial charge < -0.3 is 19.5 Å². The highest BCUT2D eigenvalue weighted by molar-refractivity contribution is 6.13. The Hall–Kier alpha value is -2.70. The number of nitrogens with one attached hydrogen (secondary N) is 1. The fraction of sp³-hybridized carbons (Fsp3) is 0.286. The molecule has 0 spiro atoms. The van der Waals surface area contributed by atoms with Crippen molar-refractivity contribution in [3.8, 4) is 17.2 Å². The van der Waals surface area contributed by atoms with Gasteiger partial charge in [-0.2, -0.15) is 0 Å². The summed E-state index contributed by atoms with van der Waals surface area (Å²) in [4.78, 5) is 24.8. The number of carbonyl (C=O) groups excluding carboxylic acids is 2. The molecule has 110 valence electrons. The fourth-order valence-corrected chi connectivity index (χ4v) is 2.26. The Morgan fingerprint density at radius 1 is 1.38 bits per heavy atom. The quantitative estimate of drug-likeness (QED) is 0.671. The molecular weight excluding hydrogens is 276 g/mol. The topological polar surface area (TPSA) is 77.1 Å². The molecule has 3 amide bonds. The number of amides is 3. The van der Waals surface area contributed by atoms with Gasteiger partial charge in [0.1, 0.15) is 5.70 Å².